The van der Waals surface area contributed by atoms with Gasteiger partial charge in [0.05, 0.1) is 12.4 Å². The number of hydrogen-bond acceptors (Lipinski definition) is 4. The zero-order valence-electron chi connectivity index (χ0n) is 9.65. The molecule has 2 rings (SSSR count). The molecule has 0 aromatic carbocycles. The fourth-order valence-corrected chi connectivity index (χ4v) is 2.10. The van der Waals surface area contributed by atoms with Gasteiger partial charge in [-0.2, -0.15) is 0 Å². The van der Waals surface area contributed by atoms with Crippen molar-refractivity contribution in [3.63, 3.8) is 0 Å². The molecule has 0 amide bonds. The van der Waals surface area contributed by atoms with Gasteiger partial charge in [-0.1, -0.05) is 0 Å². The summed E-state index contributed by atoms with van der Waals surface area (Å²) in [5.74, 6) is 1.01. The van der Waals surface area contributed by atoms with Crippen molar-refractivity contribution in [1.82, 2.24) is 10.6 Å². The molecule has 1 saturated heterocycles. The van der Waals surface area contributed by atoms with Gasteiger partial charge in [-0.05, 0) is 25.5 Å². The van der Waals surface area contributed by atoms with Gasteiger partial charge in [-0.15, -0.1) is 0 Å². The predicted octanol–water partition coefficient (Wildman–Crippen LogP) is 0.523. The summed E-state index contributed by atoms with van der Waals surface area (Å²) in [5, 5.41) is 16.1. The van der Waals surface area contributed by atoms with E-state index in [0.717, 1.165) is 31.7 Å². The second kappa shape index (κ2) is 5.48. The van der Waals surface area contributed by atoms with Crippen LogP contribution < -0.4 is 10.6 Å². The standard InChI is InChI=1S/C12H20N2O2/c1-9(5-12-3-2-4-16-12)13-7-10-6-11(15)8-14-10/h2-4,9-11,13-15H,5-8H2,1H3. The maximum Gasteiger partial charge on any atom is 0.105 e. The molecule has 1 fully saturated rings. The van der Waals surface area contributed by atoms with E-state index in [1.807, 2.05) is 12.1 Å². The lowest BCUT2D eigenvalue weighted by molar-refractivity contribution is 0.193. The smallest absolute Gasteiger partial charge is 0.105 e. The third kappa shape index (κ3) is 3.33. The second-order valence-corrected chi connectivity index (χ2v) is 4.59. The fraction of sp³-hybridized carbons (Fsp3) is 0.667. The molecule has 0 radical (unpaired) electrons. The molecule has 0 bridgehead atoms. The van der Waals surface area contributed by atoms with Crippen LogP contribution >= 0.6 is 0 Å². The van der Waals surface area contributed by atoms with E-state index in [1.165, 1.54) is 0 Å². The quantitative estimate of drug-likeness (QED) is 0.682. The minimum atomic E-state index is -0.174. The minimum absolute atomic E-state index is 0.174. The van der Waals surface area contributed by atoms with Gasteiger partial charge in [-0.25, -0.2) is 0 Å². The Morgan fingerprint density at radius 3 is 3.19 bits per heavy atom. The number of aliphatic hydroxyl groups is 1. The first-order valence-corrected chi connectivity index (χ1v) is 5.91. The van der Waals surface area contributed by atoms with Gasteiger partial charge in [0.25, 0.3) is 0 Å². The van der Waals surface area contributed by atoms with Crippen molar-refractivity contribution in [3.8, 4) is 0 Å². The van der Waals surface area contributed by atoms with Crippen molar-refractivity contribution in [2.24, 2.45) is 0 Å². The molecule has 16 heavy (non-hydrogen) atoms. The van der Waals surface area contributed by atoms with Crippen LogP contribution in [0.1, 0.15) is 19.1 Å². The summed E-state index contributed by atoms with van der Waals surface area (Å²) < 4.78 is 5.30. The zero-order valence-corrected chi connectivity index (χ0v) is 9.65. The van der Waals surface area contributed by atoms with Crippen molar-refractivity contribution in [3.05, 3.63) is 24.2 Å². The molecule has 3 N–H and O–H groups in total. The monoisotopic (exact) mass is 224 g/mol. The maximum atomic E-state index is 9.37. The van der Waals surface area contributed by atoms with E-state index in [1.54, 1.807) is 6.26 Å². The molecule has 1 aliphatic rings. The summed E-state index contributed by atoms with van der Waals surface area (Å²) in [4.78, 5) is 0. The third-order valence-electron chi connectivity index (χ3n) is 3.00. The lowest BCUT2D eigenvalue weighted by Gasteiger charge is -2.16. The average molecular weight is 224 g/mol. The van der Waals surface area contributed by atoms with Crippen molar-refractivity contribution >= 4 is 0 Å². The molecule has 3 unspecified atom stereocenters. The van der Waals surface area contributed by atoms with Gasteiger partial charge in [-0.3, -0.25) is 0 Å². The Bertz CT molecular complexity index is 300. The van der Waals surface area contributed by atoms with Crippen LogP contribution in [0, 0.1) is 0 Å². The molecule has 90 valence electrons. The van der Waals surface area contributed by atoms with Crippen molar-refractivity contribution in [2.75, 3.05) is 13.1 Å². The van der Waals surface area contributed by atoms with Crippen molar-refractivity contribution in [2.45, 2.75) is 38.0 Å². The van der Waals surface area contributed by atoms with Crippen LogP contribution in [0.15, 0.2) is 22.8 Å². The fourth-order valence-electron chi connectivity index (χ4n) is 2.10. The molecule has 1 aliphatic heterocycles. The molecule has 1 aromatic heterocycles. The number of nitrogens with one attached hydrogen (secondary N) is 2. The third-order valence-corrected chi connectivity index (χ3v) is 3.00. The Kier molecular flexibility index (Phi) is 3.98. The Morgan fingerprint density at radius 2 is 2.56 bits per heavy atom. The van der Waals surface area contributed by atoms with Crippen LogP contribution in [0.2, 0.25) is 0 Å². The number of furan rings is 1. The van der Waals surface area contributed by atoms with Crippen molar-refractivity contribution < 1.29 is 9.52 Å². The zero-order chi connectivity index (χ0) is 11.4. The Balaban J connectivity index is 1.66. The first-order valence-electron chi connectivity index (χ1n) is 5.91. The van der Waals surface area contributed by atoms with Gasteiger partial charge < -0.3 is 20.2 Å². The molecular weight excluding hydrogens is 204 g/mol. The van der Waals surface area contributed by atoms with Crippen LogP contribution in [0.25, 0.3) is 0 Å². The largest absolute Gasteiger partial charge is 0.469 e. The highest BCUT2D eigenvalue weighted by Gasteiger charge is 2.21. The van der Waals surface area contributed by atoms with Crippen LogP contribution in [-0.4, -0.2) is 36.4 Å². The van der Waals surface area contributed by atoms with Gasteiger partial charge in [0.1, 0.15) is 5.76 Å². The predicted molar refractivity (Wildman–Crippen MR) is 62.3 cm³/mol. The average Bonchev–Trinajstić information content (AvgIpc) is 2.87. The van der Waals surface area contributed by atoms with Crippen LogP contribution in [-0.2, 0) is 6.42 Å². The van der Waals surface area contributed by atoms with Crippen LogP contribution in [0.3, 0.4) is 0 Å². The lowest BCUT2D eigenvalue weighted by atomic mass is 10.1. The van der Waals surface area contributed by atoms with E-state index in [-0.39, 0.29) is 6.10 Å². The number of aliphatic hydroxyl groups excluding tert-OH is 1. The van der Waals surface area contributed by atoms with E-state index in [4.69, 9.17) is 4.42 Å². The van der Waals surface area contributed by atoms with Gasteiger partial charge in [0.2, 0.25) is 0 Å². The summed E-state index contributed by atoms with van der Waals surface area (Å²) >= 11 is 0. The summed E-state index contributed by atoms with van der Waals surface area (Å²) in [6, 6.07) is 4.70. The van der Waals surface area contributed by atoms with Crippen LogP contribution in [0.5, 0.6) is 0 Å². The normalized spacial score (nSPS) is 27.1. The first-order chi connectivity index (χ1) is 7.74. The number of rotatable bonds is 5. The van der Waals surface area contributed by atoms with E-state index in [9.17, 15) is 5.11 Å². The summed E-state index contributed by atoms with van der Waals surface area (Å²) in [6.45, 7) is 3.77. The molecule has 2 heterocycles. The topological polar surface area (TPSA) is 57.4 Å². The van der Waals surface area contributed by atoms with Crippen molar-refractivity contribution in [1.29, 1.82) is 0 Å². The summed E-state index contributed by atoms with van der Waals surface area (Å²) in [5.41, 5.74) is 0. The Morgan fingerprint density at radius 1 is 1.69 bits per heavy atom. The molecule has 1 aromatic rings. The minimum Gasteiger partial charge on any atom is -0.469 e. The van der Waals surface area contributed by atoms with Gasteiger partial charge >= 0.3 is 0 Å². The van der Waals surface area contributed by atoms with E-state index < -0.39 is 0 Å². The molecule has 0 spiro atoms. The Labute approximate surface area is 96.0 Å². The summed E-state index contributed by atoms with van der Waals surface area (Å²) in [6.07, 6.45) is 3.28. The molecule has 0 saturated carbocycles. The van der Waals surface area contributed by atoms with E-state index in [2.05, 4.69) is 17.6 Å². The highest BCUT2D eigenvalue weighted by molar-refractivity contribution is 5.00. The molecule has 4 heteroatoms. The number of hydrogen-bond donors (Lipinski definition) is 3. The first kappa shape index (κ1) is 11.6. The molecule has 3 atom stereocenters. The maximum absolute atomic E-state index is 9.37. The van der Waals surface area contributed by atoms with E-state index >= 15 is 0 Å². The summed E-state index contributed by atoms with van der Waals surface area (Å²) in [7, 11) is 0. The molecule has 0 aliphatic carbocycles. The highest BCUT2D eigenvalue weighted by atomic mass is 16.3. The lowest BCUT2D eigenvalue weighted by Crippen LogP contribution is -2.39. The second-order valence-electron chi connectivity index (χ2n) is 4.59. The Hall–Kier alpha value is -0.840. The SMILES string of the molecule is CC(Cc1ccco1)NCC1CC(O)CN1. The highest BCUT2D eigenvalue weighted by Crippen LogP contribution is 2.07. The van der Waals surface area contributed by atoms with E-state index in [0.29, 0.717) is 12.1 Å². The number of β-amino-alcohol motifs (C(OH)–C–C–N with tert-alkyl or cyclic N) is 1. The molecule has 4 nitrogen and oxygen atoms in total. The van der Waals surface area contributed by atoms with Gasteiger partial charge in [0, 0.05) is 31.6 Å². The van der Waals surface area contributed by atoms with Crippen LogP contribution in [0.4, 0.5) is 0 Å². The molecular formula is C12H20N2O2. The van der Waals surface area contributed by atoms with Gasteiger partial charge in [0.15, 0.2) is 0 Å².